The predicted octanol–water partition coefficient (Wildman–Crippen LogP) is 7.94. The number of ether oxygens (including phenoxy) is 1. The molecule has 44 heavy (non-hydrogen) atoms. The van der Waals surface area contributed by atoms with Crippen molar-refractivity contribution in [3.8, 4) is 0 Å². The van der Waals surface area contributed by atoms with Crippen LogP contribution in [0.5, 0.6) is 0 Å². The molecule has 1 amide bonds. The molecule has 7 nitrogen and oxygen atoms in total. The van der Waals surface area contributed by atoms with E-state index in [9.17, 15) is 35.3 Å². The van der Waals surface area contributed by atoms with Gasteiger partial charge in [0.1, 0.15) is 12.6 Å². The molecule has 0 saturated heterocycles. The van der Waals surface area contributed by atoms with E-state index in [-0.39, 0.29) is 12.6 Å². The molecule has 252 valence electrons. The third-order valence-electron chi connectivity index (χ3n) is 7.13. The third kappa shape index (κ3) is 11.4. The van der Waals surface area contributed by atoms with Gasteiger partial charge in [-0.25, -0.2) is 13.9 Å². The molecule has 0 aliphatic heterocycles. The van der Waals surface area contributed by atoms with Gasteiger partial charge in [-0.15, -0.1) is 0 Å². The van der Waals surface area contributed by atoms with Gasteiger partial charge in [-0.3, -0.25) is 4.79 Å². The van der Waals surface area contributed by atoms with Crippen molar-refractivity contribution in [2.45, 2.75) is 122 Å². The van der Waals surface area contributed by atoms with E-state index < -0.39 is 78.8 Å². The van der Waals surface area contributed by atoms with Crippen molar-refractivity contribution in [3.63, 3.8) is 0 Å². The van der Waals surface area contributed by atoms with Crippen LogP contribution in [0.25, 0.3) is 11.0 Å². The first-order chi connectivity index (χ1) is 19.8. The van der Waals surface area contributed by atoms with E-state index >= 15 is 0 Å². The zero-order chi connectivity index (χ0) is 33.9. The highest BCUT2D eigenvalue weighted by molar-refractivity contribution is 7.84. The standard InChI is InChI=1S/C29H46F6N4O3SSi/c1-19(36-24(40)12-13-28(30,31)32)20-10-11-21-23(16-20)39(18-42-14-15-44(7,8)9)25(37-21)22(38-43(41)26(2,3)4)17-27(5,6)29(33,34)35/h10-11,16,19,22,38H,12-15,17-18H2,1-9H3,(H,36,40)/t19-,22-,43+/m1/s1. The van der Waals surface area contributed by atoms with E-state index in [2.05, 4.69) is 34.7 Å². The summed E-state index contributed by atoms with van der Waals surface area (Å²) in [6.45, 7) is 15.9. The maximum atomic E-state index is 14.1. The number of amides is 1. The number of nitrogens with zero attached hydrogens (tertiary/aromatic N) is 2. The van der Waals surface area contributed by atoms with Gasteiger partial charge < -0.3 is 14.6 Å². The van der Waals surface area contributed by atoms with E-state index in [1.165, 1.54) is 0 Å². The molecule has 3 atom stereocenters. The molecule has 1 aromatic carbocycles. The number of carbonyl (C=O) groups excluding carboxylic acids is 1. The van der Waals surface area contributed by atoms with E-state index in [0.717, 1.165) is 19.9 Å². The van der Waals surface area contributed by atoms with Crippen molar-refractivity contribution < 1.29 is 40.1 Å². The number of hydrogen-bond acceptors (Lipinski definition) is 4. The molecule has 2 rings (SSSR count). The fourth-order valence-corrected chi connectivity index (χ4v) is 5.69. The van der Waals surface area contributed by atoms with Crippen molar-refractivity contribution in [1.82, 2.24) is 19.6 Å². The monoisotopic (exact) mass is 672 g/mol. The number of hydrogen-bond donors (Lipinski definition) is 2. The van der Waals surface area contributed by atoms with Gasteiger partial charge in [-0.05, 0) is 57.9 Å². The summed E-state index contributed by atoms with van der Waals surface area (Å²) in [4.78, 5) is 16.9. The average molecular weight is 673 g/mol. The maximum Gasteiger partial charge on any atom is 0.394 e. The molecule has 0 aliphatic carbocycles. The third-order valence-corrected chi connectivity index (χ3v) is 10.4. The van der Waals surface area contributed by atoms with Crippen LogP contribution in [-0.2, 0) is 27.2 Å². The lowest BCUT2D eigenvalue weighted by Crippen LogP contribution is -2.41. The second-order valence-electron chi connectivity index (χ2n) is 14.0. The Hall–Kier alpha value is -1.97. The Balaban J connectivity index is 2.59. The first kappa shape index (κ1) is 38.2. The summed E-state index contributed by atoms with van der Waals surface area (Å²) in [6.07, 6.45) is -11.4. The summed E-state index contributed by atoms with van der Waals surface area (Å²) in [6, 6.07) is 4.08. The largest absolute Gasteiger partial charge is 0.394 e. The lowest BCUT2D eigenvalue weighted by Gasteiger charge is -2.33. The summed E-state index contributed by atoms with van der Waals surface area (Å²) in [5.41, 5.74) is -0.660. The summed E-state index contributed by atoms with van der Waals surface area (Å²) < 4.78 is 103. The van der Waals surface area contributed by atoms with Gasteiger partial charge in [0, 0.05) is 21.1 Å². The number of halogens is 6. The summed E-state index contributed by atoms with van der Waals surface area (Å²) >= 11 is 0. The van der Waals surface area contributed by atoms with Crippen LogP contribution in [-0.4, -0.2) is 51.4 Å². The minimum absolute atomic E-state index is 0.0428. The molecule has 0 saturated carbocycles. The minimum Gasteiger partial charge on any atom is -0.361 e. The Morgan fingerprint density at radius 2 is 1.68 bits per heavy atom. The highest BCUT2D eigenvalue weighted by atomic mass is 32.2. The van der Waals surface area contributed by atoms with Crippen LogP contribution in [0, 0.1) is 5.41 Å². The summed E-state index contributed by atoms with van der Waals surface area (Å²) in [5.74, 6) is -0.552. The molecule has 0 aliphatic rings. The molecule has 15 heteroatoms. The topological polar surface area (TPSA) is 85.3 Å². The number of carbonyl (C=O) groups is 1. The highest BCUT2D eigenvalue weighted by Crippen LogP contribution is 2.44. The molecule has 0 spiro atoms. The molecule has 0 radical (unpaired) electrons. The number of benzene rings is 1. The lowest BCUT2D eigenvalue weighted by atomic mass is 9.85. The lowest BCUT2D eigenvalue weighted by molar-refractivity contribution is -0.215. The van der Waals surface area contributed by atoms with Crippen LogP contribution in [0.2, 0.25) is 25.7 Å². The van der Waals surface area contributed by atoms with Gasteiger partial charge in [0.25, 0.3) is 0 Å². The van der Waals surface area contributed by atoms with Crippen LogP contribution in [0.3, 0.4) is 0 Å². The van der Waals surface area contributed by atoms with Crippen LogP contribution in [0.15, 0.2) is 18.2 Å². The number of nitrogens with one attached hydrogen (secondary N) is 2. The predicted molar refractivity (Wildman–Crippen MR) is 164 cm³/mol. The van der Waals surface area contributed by atoms with E-state index in [4.69, 9.17) is 4.74 Å². The summed E-state index contributed by atoms with van der Waals surface area (Å²) in [5, 5.41) is 2.57. The van der Waals surface area contributed by atoms with Gasteiger partial charge in [-0.2, -0.15) is 26.3 Å². The number of rotatable bonds is 14. The zero-order valence-corrected chi connectivity index (χ0v) is 28.7. The number of imidazole rings is 1. The van der Waals surface area contributed by atoms with Crippen molar-refractivity contribution >= 4 is 36.0 Å². The smallest absolute Gasteiger partial charge is 0.361 e. The van der Waals surface area contributed by atoms with Crippen molar-refractivity contribution in [2.75, 3.05) is 6.61 Å². The molecule has 1 aromatic heterocycles. The van der Waals surface area contributed by atoms with E-state index in [1.807, 2.05) is 0 Å². The van der Waals surface area contributed by atoms with E-state index in [1.54, 1.807) is 50.5 Å². The quantitative estimate of drug-likeness (QED) is 0.121. The molecule has 0 bridgehead atoms. The normalized spacial score (nSPS) is 15.8. The first-order valence-electron chi connectivity index (χ1n) is 14.5. The molecule has 2 aromatic rings. The van der Waals surface area contributed by atoms with Crippen molar-refractivity contribution in [3.05, 3.63) is 29.6 Å². The molecular weight excluding hydrogens is 626 g/mol. The van der Waals surface area contributed by atoms with Gasteiger partial charge in [-0.1, -0.05) is 39.6 Å². The Morgan fingerprint density at radius 3 is 2.20 bits per heavy atom. The van der Waals surface area contributed by atoms with Crippen LogP contribution in [0.1, 0.15) is 84.3 Å². The molecular formula is C29H46F6N4O3SSi. The minimum atomic E-state index is -4.55. The second kappa shape index (κ2) is 14.2. The number of fused-ring (bicyclic) bond motifs is 1. The van der Waals surface area contributed by atoms with Crippen LogP contribution < -0.4 is 10.0 Å². The fraction of sp³-hybridized carbons (Fsp3) is 0.724. The molecule has 0 fully saturated rings. The number of aromatic nitrogens is 2. The number of alkyl halides is 6. The maximum absolute atomic E-state index is 14.1. The van der Waals surface area contributed by atoms with Crippen LogP contribution >= 0.6 is 0 Å². The zero-order valence-electron chi connectivity index (χ0n) is 26.9. The fourth-order valence-electron chi connectivity index (χ4n) is 4.13. The van der Waals surface area contributed by atoms with Crippen molar-refractivity contribution in [1.29, 1.82) is 0 Å². The van der Waals surface area contributed by atoms with E-state index in [0.29, 0.717) is 23.2 Å². The second-order valence-corrected chi connectivity index (χ2v) is 21.7. The highest BCUT2D eigenvalue weighted by Gasteiger charge is 2.49. The Bertz CT molecular complexity index is 1300. The molecule has 0 unspecified atom stereocenters. The molecule has 1 heterocycles. The van der Waals surface area contributed by atoms with Gasteiger partial charge in [0.05, 0.1) is 50.7 Å². The molecule has 2 N–H and O–H groups in total. The SMILES string of the molecule is C[C@@H](NC(=O)CCC(F)(F)F)c1ccc2nc([C@@H](CC(C)(C)C(F)(F)F)N[S@@](=O)C(C)(C)C)n(COCC[Si](C)(C)C)c2c1. The summed E-state index contributed by atoms with van der Waals surface area (Å²) in [7, 11) is -3.20. The Kier molecular flexibility index (Phi) is 12.3. The van der Waals surface area contributed by atoms with Crippen molar-refractivity contribution in [2.24, 2.45) is 5.41 Å². The first-order valence-corrected chi connectivity index (χ1v) is 19.4. The Morgan fingerprint density at radius 1 is 1.07 bits per heavy atom. The van der Waals surface area contributed by atoms with Gasteiger partial charge in [0.15, 0.2) is 0 Å². The van der Waals surface area contributed by atoms with Crippen LogP contribution in [0.4, 0.5) is 26.3 Å². The van der Waals surface area contributed by atoms with Gasteiger partial charge in [0.2, 0.25) is 5.91 Å². The van der Waals surface area contributed by atoms with Gasteiger partial charge >= 0.3 is 12.4 Å². The Labute approximate surface area is 259 Å². The average Bonchev–Trinajstić information content (AvgIpc) is 3.20.